The van der Waals surface area contributed by atoms with E-state index in [9.17, 15) is 0 Å². The average Bonchev–Trinajstić information content (AvgIpc) is 3.59. The second kappa shape index (κ2) is 14.6. The van der Waals surface area contributed by atoms with E-state index in [0.29, 0.717) is 5.82 Å². The summed E-state index contributed by atoms with van der Waals surface area (Å²) in [6, 6.07) is 79.0. The van der Waals surface area contributed by atoms with E-state index in [1.165, 1.54) is 66.1 Å². The maximum Gasteiger partial charge on any atom is 0.161 e. The van der Waals surface area contributed by atoms with E-state index in [0.717, 1.165) is 50.0 Å². The van der Waals surface area contributed by atoms with Gasteiger partial charge in [-0.15, -0.1) is 0 Å². The van der Waals surface area contributed by atoms with Crippen LogP contribution in [0.5, 0.6) is 0 Å². The van der Waals surface area contributed by atoms with E-state index < -0.39 is 0 Å². The Morgan fingerprint density at radius 1 is 0.302 bits per heavy atom. The number of fused-ring (bicyclic) bond motifs is 7. The fourth-order valence-corrected chi connectivity index (χ4v) is 10.2. The smallest absolute Gasteiger partial charge is 0.161 e. The molecule has 10 aromatic carbocycles. The van der Waals surface area contributed by atoms with Crippen molar-refractivity contribution < 1.29 is 0 Å². The lowest BCUT2D eigenvalue weighted by atomic mass is 9.81. The lowest BCUT2D eigenvalue weighted by Crippen LogP contribution is -2.14. The molecule has 0 N–H and O–H groups in total. The van der Waals surface area contributed by atoms with Crippen molar-refractivity contribution in [3.8, 4) is 78.4 Å². The molecular formula is C61H42N2. The molecule has 63 heavy (non-hydrogen) atoms. The van der Waals surface area contributed by atoms with Crippen LogP contribution in [0.1, 0.15) is 25.0 Å². The van der Waals surface area contributed by atoms with Crippen LogP contribution < -0.4 is 0 Å². The minimum atomic E-state index is -0.0749. The third-order valence-corrected chi connectivity index (χ3v) is 13.3. The predicted molar refractivity (Wildman–Crippen MR) is 265 cm³/mol. The molecule has 1 aliphatic carbocycles. The summed E-state index contributed by atoms with van der Waals surface area (Å²) >= 11 is 0. The molecule has 0 amide bonds. The Kier molecular flexibility index (Phi) is 8.55. The third kappa shape index (κ3) is 6.02. The number of rotatable bonds is 6. The quantitative estimate of drug-likeness (QED) is 0.167. The van der Waals surface area contributed by atoms with Crippen molar-refractivity contribution in [3.63, 3.8) is 0 Å². The lowest BCUT2D eigenvalue weighted by molar-refractivity contribution is 0.661. The van der Waals surface area contributed by atoms with Gasteiger partial charge in [-0.25, -0.2) is 9.97 Å². The number of hydrogen-bond acceptors (Lipinski definition) is 2. The van der Waals surface area contributed by atoms with Crippen LogP contribution in [0.15, 0.2) is 218 Å². The van der Waals surface area contributed by atoms with Crippen molar-refractivity contribution in [1.82, 2.24) is 9.97 Å². The van der Waals surface area contributed by atoms with E-state index in [4.69, 9.17) is 9.97 Å². The zero-order chi connectivity index (χ0) is 42.1. The van der Waals surface area contributed by atoms with Crippen LogP contribution in [0.2, 0.25) is 0 Å². The Morgan fingerprint density at radius 2 is 0.810 bits per heavy atom. The van der Waals surface area contributed by atoms with Crippen LogP contribution in [0.25, 0.3) is 111 Å². The Morgan fingerprint density at radius 3 is 1.51 bits per heavy atom. The van der Waals surface area contributed by atoms with Gasteiger partial charge in [0.05, 0.1) is 11.4 Å². The van der Waals surface area contributed by atoms with Gasteiger partial charge in [0.15, 0.2) is 5.82 Å². The molecule has 0 saturated carbocycles. The van der Waals surface area contributed by atoms with Crippen molar-refractivity contribution in [1.29, 1.82) is 0 Å². The van der Waals surface area contributed by atoms with Crippen molar-refractivity contribution in [2.45, 2.75) is 19.3 Å². The summed E-state index contributed by atoms with van der Waals surface area (Å²) in [6.45, 7) is 4.73. The molecule has 0 atom stereocenters. The molecule has 11 aromatic rings. The highest BCUT2D eigenvalue weighted by atomic mass is 14.9. The fourth-order valence-electron chi connectivity index (χ4n) is 10.2. The molecular weight excluding hydrogens is 761 g/mol. The number of hydrogen-bond donors (Lipinski definition) is 0. The van der Waals surface area contributed by atoms with Crippen LogP contribution in [0, 0.1) is 0 Å². The minimum Gasteiger partial charge on any atom is -0.228 e. The monoisotopic (exact) mass is 802 g/mol. The highest BCUT2D eigenvalue weighted by molar-refractivity contribution is 6.12. The van der Waals surface area contributed by atoms with Gasteiger partial charge in [0, 0.05) is 22.1 Å². The van der Waals surface area contributed by atoms with Crippen molar-refractivity contribution in [2.75, 3.05) is 0 Å². The van der Waals surface area contributed by atoms with E-state index in [1.807, 2.05) is 6.07 Å². The number of benzene rings is 10. The zero-order valence-electron chi connectivity index (χ0n) is 35.2. The van der Waals surface area contributed by atoms with E-state index in [-0.39, 0.29) is 5.41 Å². The summed E-state index contributed by atoms with van der Waals surface area (Å²) in [4.78, 5) is 10.7. The summed E-state index contributed by atoms with van der Waals surface area (Å²) in [5.74, 6) is 0.700. The molecule has 0 aliphatic heterocycles. The Hall–Kier alpha value is -7.94. The number of nitrogens with zero attached hydrogens (tertiary/aromatic N) is 2. The molecule has 0 saturated heterocycles. The van der Waals surface area contributed by atoms with E-state index in [2.05, 4.69) is 226 Å². The van der Waals surface area contributed by atoms with Crippen molar-refractivity contribution in [3.05, 3.63) is 230 Å². The van der Waals surface area contributed by atoms with Gasteiger partial charge < -0.3 is 0 Å². The van der Waals surface area contributed by atoms with Gasteiger partial charge >= 0.3 is 0 Å². The summed E-state index contributed by atoms with van der Waals surface area (Å²) in [5, 5.41) is 7.34. The molecule has 0 radical (unpaired) electrons. The number of aromatic nitrogens is 2. The van der Waals surface area contributed by atoms with Crippen LogP contribution in [-0.2, 0) is 5.41 Å². The first-order valence-corrected chi connectivity index (χ1v) is 21.8. The summed E-state index contributed by atoms with van der Waals surface area (Å²) in [7, 11) is 0. The van der Waals surface area contributed by atoms with Gasteiger partial charge in [-0.3, -0.25) is 0 Å². The van der Waals surface area contributed by atoms with Gasteiger partial charge in [0.25, 0.3) is 0 Å². The van der Waals surface area contributed by atoms with Crippen molar-refractivity contribution in [2.24, 2.45) is 0 Å². The topological polar surface area (TPSA) is 25.8 Å². The molecule has 1 heterocycles. The minimum absolute atomic E-state index is 0.0749. The Labute approximate surface area is 367 Å². The van der Waals surface area contributed by atoms with E-state index >= 15 is 0 Å². The summed E-state index contributed by atoms with van der Waals surface area (Å²) in [5.41, 5.74) is 17.5. The molecule has 2 nitrogen and oxygen atoms in total. The van der Waals surface area contributed by atoms with Crippen LogP contribution in [-0.4, -0.2) is 9.97 Å². The maximum atomic E-state index is 5.39. The first-order valence-electron chi connectivity index (χ1n) is 21.8. The summed E-state index contributed by atoms with van der Waals surface area (Å²) in [6.07, 6.45) is 0. The molecule has 1 aromatic heterocycles. The van der Waals surface area contributed by atoms with Crippen LogP contribution in [0.3, 0.4) is 0 Å². The zero-order valence-corrected chi connectivity index (χ0v) is 35.2. The van der Waals surface area contributed by atoms with Gasteiger partial charge in [0.2, 0.25) is 0 Å². The molecule has 0 fully saturated rings. The second-order valence-corrected chi connectivity index (χ2v) is 17.2. The standard InChI is InChI=1S/C61H42N2/c1-61(2)55-35-30-42(37-54(55)59-45-23-10-9-19-40(45)29-36-56(59)61)44-31-32-50(47-25-13-12-24-46(44)47)51-33-34-53(49-27-15-14-26-48(49)51)60-62-57(41-20-7-4-8-21-41)38-58(63-60)52-28-16-11-22-43(52)39-17-5-3-6-18-39/h3-38H,1-2H3. The predicted octanol–water partition coefficient (Wildman–Crippen LogP) is 16.2. The van der Waals surface area contributed by atoms with Crippen LogP contribution in [0.4, 0.5) is 0 Å². The molecule has 0 unspecified atom stereocenters. The maximum absolute atomic E-state index is 5.39. The molecule has 1 aliphatic rings. The van der Waals surface area contributed by atoms with Gasteiger partial charge in [-0.2, -0.15) is 0 Å². The highest BCUT2D eigenvalue weighted by Crippen LogP contribution is 2.52. The molecule has 12 rings (SSSR count). The second-order valence-electron chi connectivity index (χ2n) is 17.2. The summed E-state index contributed by atoms with van der Waals surface area (Å²) < 4.78 is 0. The van der Waals surface area contributed by atoms with Gasteiger partial charge in [-0.05, 0) is 106 Å². The van der Waals surface area contributed by atoms with E-state index in [1.54, 1.807) is 0 Å². The SMILES string of the molecule is CC1(C)c2ccc(-c3ccc(-c4ccc(-c5nc(-c6ccccc6)cc(-c6ccccc6-c6ccccc6)n5)c5ccccc45)c4ccccc34)cc2-c2c1ccc1ccccc21. The van der Waals surface area contributed by atoms with Crippen LogP contribution >= 0.6 is 0 Å². The van der Waals surface area contributed by atoms with Gasteiger partial charge in [-0.1, -0.05) is 214 Å². The average molecular weight is 803 g/mol. The first kappa shape index (κ1) is 36.9. The normalized spacial score (nSPS) is 12.7. The molecule has 296 valence electrons. The van der Waals surface area contributed by atoms with Gasteiger partial charge in [0.1, 0.15) is 0 Å². The lowest BCUT2D eigenvalue weighted by Gasteiger charge is -2.22. The fraction of sp³-hybridized carbons (Fsp3) is 0.0492. The largest absolute Gasteiger partial charge is 0.228 e. The highest BCUT2D eigenvalue weighted by Gasteiger charge is 2.36. The Balaban J connectivity index is 1.01. The third-order valence-electron chi connectivity index (χ3n) is 13.3. The first-order chi connectivity index (χ1) is 31.0. The molecule has 2 heteroatoms. The Bertz CT molecular complexity index is 3580. The molecule has 0 spiro atoms. The molecule has 0 bridgehead atoms. The van der Waals surface area contributed by atoms with Crippen molar-refractivity contribution >= 4 is 32.3 Å².